The molecular formula is C52H33NO2. The lowest BCUT2D eigenvalue weighted by Gasteiger charge is -2.26. The maximum atomic E-state index is 6.69. The van der Waals surface area contributed by atoms with Crippen molar-refractivity contribution in [1.82, 2.24) is 0 Å². The molecule has 258 valence electrons. The van der Waals surface area contributed by atoms with Crippen LogP contribution in [0.5, 0.6) is 0 Å². The molecule has 11 rings (SSSR count). The zero-order valence-electron chi connectivity index (χ0n) is 29.8. The highest BCUT2D eigenvalue weighted by Crippen LogP contribution is 2.47. The highest BCUT2D eigenvalue weighted by atomic mass is 16.3. The molecule has 0 radical (unpaired) electrons. The first kappa shape index (κ1) is 31.2. The van der Waals surface area contributed by atoms with Gasteiger partial charge >= 0.3 is 0 Å². The van der Waals surface area contributed by atoms with Gasteiger partial charge in [-0.05, 0) is 87.3 Å². The Hall–Kier alpha value is -7.36. The lowest BCUT2D eigenvalue weighted by atomic mass is 9.91. The van der Waals surface area contributed by atoms with Crippen LogP contribution in [0.4, 0.5) is 17.1 Å². The van der Waals surface area contributed by atoms with Gasteiger partial charge in [0.25, 0.3) is 0 Å². The smallest absolute Gasteiger partial charge is 0.159 e. The van der Waals surface area contributed by atoms with E-state index in [9.17, 15) is 0 Å². The minimum absolute atomic E-state index is 0.839. The number of benzene rings is 9. The van der Waals surface area contributed by atoms with Crippen molar-refractivity contribution in [1.29, 1.82) is 0 Å². The van der Waals surface area contributed by atoms with Crippen LogP contribution < -0.4 is 4.90 Å². The van der Waals surface area contributed by atoms with Crippen LogP contribution in [0.25, 0.3) is 88.0 Å². The third kappa shape index (κ3) is 5.13. The molecule has 0 fully saturated rings. The number of furan rings is 2. The summed E-state index contributed by atoms with van der Waals surface area (Å²) < 4.78 is 13.4. The average molecular weight is 704 g/mol. The molecule has 0 unspecified atom stereocenters. The standard InChI is InChI=1S/C52H33NO2/c1-3-13-34(14-4-1)38-28-31-40(45(33-38)35-15-5-2-6-16-35)37-25-29-39(30-26-37)53(47-22-11-20-43-42-19-9-10-23-48(42)54-52(43)47)46-21-12-24-49-50(46)44-32-27-36-17-7-8-18-41(36)51(44)55-49/h1-33H. The van der Waals surface area contributed by atoms with Gasteiger partial charge in [0.15, 0.2) is 5.58 Å². The Morgan fingerprint density at radius 2 is 0.945 bits per heavy atom. The van der Waals surface area contributed by atoms with Crippen LogP contribution in [-0.4, -0.2) is 0 Å². The molecule has 9 aromatic carbocycles. The first-order valence-electron chi connectivity index (χ1n) is 18.7. The van der Waals surface area contributed by atoms with Crippen molar-refractivity contribution >= 4 is 71.7 Å². The predicted octanol–water partition coefficient (Wildman–Crippen LogP) is 15.1. The van der Waals surface area contributed by atoms with Crippen molar-refractivity contribution in [3.63, 3.8) is 0 Å². The molecular weight excluding hydrogens is 671 g/mol. The molecule has 3 nitrogen and oxygen atoms in total. The summed E-state index contributed by atoms with van der Waals surface area (Å²) in [7, 11) is 0. The van der Waals surface area contributed by atoms with Crippen molar-refractivity contribution in [2.24, 2.45) is 0 Å². The Balaban J connectivity index is 1.13. The van der Waals surface area contributed by atoms with E-state index in [4.69, 9.17) is 8.83 Å². The van der Waals surface area contributed by atoms with Gasteiger partial charge in [0, 0.05) is 27.2 Å². The zero-order chi connectivity index (χ0) is 36.3. The van der Waals surface area contributed by atoms with Crippen molar-refractivity contribution < 1.29 is 8.83 Å². The van der Waals surface area contributed by atoms with Crippen LogP contribution >= 0.6 is 0 Å². The first-order valence-corrected chi connectivity index (χ1v) is 18.7. The minimum Gasteiger partial charge on any atom is -0.455 e. The van der Waals surface area contributed by atoms with E-state index in [0.29, 0.717) is 0 Å². The van der Waals surface area contributed by atoms with Crippen molar-refractivity contribution in [2.45, 2.75) is 0 Å². The van der Waals surface area contributed by atoms with Gasteiger partial charge < -0.3 is 13.7 Å². The van der Waals surface area contributed by atoms with Crippen LogP contribution in [-0.2, 0) is 0 Å². The van der Waals surface area contributed by atoms with E-state index in [2.05, 4.69) is 193 Å². The van der Waals surface area contributed by atoms with Crippen molar-refractivity contribution in [2.75, 3.05) is 4.90 Å². The van der Waals surface area contributed by atoms with Gasteiger partial charge in [-0.25, -0.2) is 0 Å². The summed E-state index contributed by atoms with van der Waals surface area (Å²) in [5.74, 6) is 0. The van der Waals surface area contributed by atoms with Gasteiger partial charge in [-0.15, -0.1) is 0 Å². The Morgan fingerprint density at radius 3 is 1.78 bits per heavy atom. The van der Waals surface area contributed by atoms with Gasteiger partial charge in [-0.1, -0.05) is 152 Å². The number of nitrogens with zero attached hydrogens (tertiary/aromatic N) is 1. The van der Waals surface area contributed by atoms with Crippen LogP contribution in [0, 0.1) is 0 Å². The summed E-state index contributed by atoms with van der Waals surface area (Å²) in [5, 5.41) is 6.57. The fourth-order valence-corrected chi connectivity index (χ4v) is 8.29. The topological polar surface area (TPSA) is 29.5 Å². The Bertz CT molecular complexity index is 3190. The number of rotatable bonds is 6. The molecule has 0 saturated carbocycles. The van der Waals surface area contributed by atoms with E-state index in [0.717, 1.165) is 77.3 Å². The van der Waals surface area contributed by atoms with E-state index < -0.39 is 0 Å². The summed E-state index contributed by atoms with van der Waals surface area (Å²) in [4.78, 5) is 2.33. The highest BCUT2D eigenvalue weighted by molar-refractivity contribution is 6.20. The van der Waals surface area contributed by atoms with Gasteiger partial charge in [0.2, 0.25) is 0 Å². The SMILES string of the molecule is c1ccc(-c2ccc(-c3ccc(N(c4cccc5c4oc4ccccc45)c4cccc5oc6c7ccccc7ccc6c45)cc3)c(-c3ccccc3)c2)cc1. The predicted molar refractivity (Wildman–Crippen MR) is 229 cm³/mol. The van der Waals surface area contributed by atoms with Crippen LogP contribution in [0.3, 0.4) is 0 Å². The summed E-state index contributed by atoms with van der Waals surface area (Å²) in [6.07, 6.45) is 0. The lowest BCUT2D eigenvalue weighted by Crippen LogP contribution is -2.10. The van der Waals surface area contributed by atoms with Crippen LogP contribution in [0.1, 0.15) is 0 Å². The van der Waals surface area contributed by atoms with E-state index in [1.807, 2.05) is 12.1 Å². The van der Waals surface area contributed by atoms with E-state index >= 15 is 0 Å². The number of hydrogen-bond donors (Lipinski definition) is 0. The van der Waals surface area contributed by atoms with Gasteiger partial charge in [-0.2, -0.15) is 0 Å². The molecule has 2 aromatic heterocycles. The second kappa shape index (κ2) is 12.6. The molecule has 11 aromatic rings. The molecule has 0 aliphatic rings. The van der Waals surface area contributed by atoms with Crippen LogP contribution in [0.15, 0.2) is 209 Å². The number of para-hydroxylation sites is 2. The molecule has 3 heteroatoms. The number of hydrogen-bond acceptors (Lipinski definition) is 3. The Kier molecular flexibility index (Phi) is 7.17. The molecule has 0 amide bonds. The summed E-state index contributed by atoms with van der Waals surface area (Å²) >= 11 is 0. The van der Waals surface area contributed by atoms with Crippen LogP contribution in [0.2, 0.25) is 0 Å². The van der Waals surface area contributed by atoms with E-state index in [1.54, 1.807) is 0 Å². The molecule has 0 N–H and O–H groups in total. The van der Waals surface area contributed by atoms with E-state index in [-0.39, 0.29) is 0 Å². The Morgan fingerprint density at radius 1 is 0.327 bits per heavy atom. The van der Waals surface area contributed by atoms with Gasteiger partial charge in [0.1, 0.15) is 16.7 Å². The molecule has 0 bridgehead atoms. The highest BCUT2D eigenvalue weighted by Gasteiger charge is 2.24. The first-order chi connectivity index (χ1) is 27.3. The molecule has 55 heavy (non-hydrogen) atoms. The normalized spacial score (nSPS) is 11.6. The lowest BCUT2D eigenvalue weighted by molar-refractivity contribution is 0.669. The quantitative estimate of drug-likeness (QED) is 0.173. The summed E-state index contributed by atoms with van der Waals surface area (Å²) in [5.41, 5.74) is 13.5. The van der Waals surface area contributed by atoms with Gasteiger partial charge in [0.05, 0.1) is 16.8 Å². The second-order valence-corrected chi connectivity index (χ2v) is 14.0. The third-order valence-electron chi connectivity index (χ3n) is 10.9. The summed E-state index contributed by atoms with van der Waals surface area (Å²) in [6.45, 7) is 0. The monoisotopic (exact) mass is 703 g/mol. The Labute approximate surface area is 317 Å². The number of anilines is 3. The maximum Gasteiger partial charge on any atom is 0.159 e. The molecule has 0 aliphatic heterocycles. The summed E-state index contributed by atoms with van der Waals surface area (Å²) in [6, 6.07) is 70.9. The fourth-order valence-electron chi connectivity index (χ4n) is 8.29. The van der Waals surface area contributed by atoms with Gasteiger partial charge in [-0.3, -0.25) is 0 Å². The van der Waals surface area contributed by atoms with Crippen molar-refractivity contribution in [3.05, 3.63) is 200 Å². The van der Waals surface area contributed by atoms with Crippen molar-refractivity contribution in [3.8, 4) is 33.4 Å². The average Bonchev–Trinajstić information content (AvgIpc) is 3.84. The third-order valence-corrected chi connectivity index (χ3v) is 10.9. The minimum atomic E-state index is 0.839. The maximum absolute atomic E-state index is 6.69. The fraction of sp³-hybridized carbons (Fsp3) is 0. The van der Waals surface area contributed by atoms with E-state index in [1.165, 1.54) is 27.8 Å². The molecule has 2 heterocycles. The molecule has 0 atom stereocenters. The molecule has 0 aliphatic carbocycles. The zero-order valence-corrected chi connectivity index (χ0v) is 29.8. The molecule has 0 spiro atoms. The molecule has 0 saturated heterocycles. The second-order valence-electron chi connectivity index (χ2n) is 14.0. The number of fused-ring (bicyclic) bond motifs is 8. The largest absolute Gasteiger partial charge is 0.455 e.